The highest BCUT2D eigenvalue weighted by molar-refractivity contribution is 5.91. The minimum atomic E-state index is -0.130. The van der Waals surface area contributed by atoms with Crippen LogP contribution in [0.25, 0.3) is 0 Å². The second-order valence-corrected chi connectivity index (χ2v) is 5.90. The highest BCUT2D eigenvalue weighted by atomic mass is 16.5. The third kappa shape index (κ3) is 2.34. The molecule has 1 aliphatic rings. The number of benzene rings is 1. The standard InChI is InChI=1S/C16H20N4O2/c1-9(2)11-6-12(10(3)5-14(11)22-4)13-7-15(21)19-16-17-8-18-20(13)16/h5-6,8-9,13H,7H2,1-4H3,(H,17,18,19,21)/t13-/m1/s1. The van der Waals surface area contributed by atoms with Gasteiger partial charge in [0, 0.05) is 0 Å². The zero-order valence-electron chi connectivity index (χ0n) is 13.3. The molecule has 0 bridgehead atoms. The zero-order chi connectivity index (χ0) is 15.9. The van der Waals surface area contributed by atoms with Crippen LogP contribution < -0.4 is 10.1 Å². The van der Waals surface area contributed by atoms with Crippen LogP contribution >= 0.6 is 0 Å². The molecule has 0 aliphatic carbocycles. The number of aromatic nitrogens is 3. The first kappa shape index (κ1) is 14.6. The van der Waals surface area contributed by atoms with E-state index in [2.05, 4.69) is 35.3 Å². The van der Waals surface area contributed by atoms with Gasteiger partial charge in [0.2, 0.25) is 11.9 Å². The number of nitrogens with one attached hydrogen (secondary N) is 1. The summed E-state index contributed by atoms with van der Waals surface area (Å²) in [4.78, 5) is 16.0. The maximum absolute atomic E-state index is 11.9. The van der Waals surface area contributed by atoms with Gasteiger partial charge in [-0.3, -0.25) is 10.1 Å². The third-order valence-electron chi connectivity index (χ3n) is 4.10. The molecule has 0 fully saturated rings. The number of hydrogen-bond donors (Lipinski definition) is 1. The van der Waals surface area contributed by atoms with Gasteiger partial charge in [0.05, 0.1) is 19.6 Å². The summed E-state index contributed by atoms with van der Waals surface area (Å²) >= 11 is 0. The van der Waals surface area contributed by atoms with Crippen LogP contribution in [0, 0.1) is 6.92 Å². The van der Waals surface area contributed by atoms with E-state index in [1.165, 1.54) is 6.33 Å². The van der Waals surface area contributed by atoms with Crippen LogP contribution in [0.15, 0.2) is 18.5 Å². The van der Waals surface area contributed by atoms with Crippen LogP contribution in [0.3, 0.4) is 0 Å². The first-order valence-corrected chi connectivity index (χ1v) is 7.39. The molecule has 6 nitrogen and oxygen atoms in total. The quantitative estimate of drug-likeness (QED) is 0.946. The molecule has 116 valence electrons. The second kappa shape index (κ2) is 5.44. The molecule has 1 N–H and O–H groups in total. The minimum Gasteiger partial charge on any atom is -0.496 e. The van der Waals surface area contributed by atoms with E-state index in [0.29, 0.717) is 18.3 Å². The van der Waals surface area contributed by atoms with Crippen molar-refractivity contribution in [1.29, 1.82) is 0 Å². The summed E-state index contributed by atoms with van der Waals surface area (Å²) < 4.78 is 7.27. The van der Waals surface area contributed by atoms with Crippen molar-refractivity contribution in [2.24, 2.45) is 0 Å². The molecule has 1 amide bonds. The number of methoxy groups -OCH3 is 1. The summed E-state index contributed by atoms with van der Waals surface area (Å²) in [5, 5.41) is 7.01. The maximum atomic E-state index is 11.9. The fraction of sp³-hybridized carbons (Fsp3) is 0.438. The molecular weight excluding hydrogens is 280 g/mol. The molecule has 1 aliphatic heterocycles. The first-order chi connectivity index (χ1) is 10.5. The number of fused-ring (bicyclic) bond motifs is 1. The van der Waals surface area contributed by atoms with Gasteiger partial charge < -0.3 is 4.74 Å². The lowest BCUT2D eigenvalue weighted by atomic mass is 9.91. The van der Waals surface area contributed by atoms with Crippen LogP contribution in [-0.2, 0) is 4.79 Å². The highest BCUT2D eigenvalue weighted by Crippen LogP contribution is 2.36. The van der Waals surface area contributed by atoms with Gasteiger partial charge in [0.1, 0.15) is 12.1 Å². The van der Waals surface area contributed by atoms with Gasteiger partial charge in [-0.05, 0) is 41.7 Å². The van der Waals surface area contributed by atoms with Crippen molar-refractivity contribution in [3.8, 4) is 5.75 Å². The number of amides is 1. The maximum Gasteiger partial charge on any atom is 0.229 e. The highest BCUT2D eigenvalue weighted by Gasteiger charge is 2.29. The van der Waals surface area contributed by atoms with Gasteiger partial charge >= 0.3 is 0 Å². The zero-order valence-corrected chi connectivity index (χ0v) is 13.3. The van der Waals surface area contributed by atoms with E-state index < -0.39 is 0 Å². The molecule has 1 aromatic heterocycles. The average Bonchev–Trinajstić information content (AvgIpc) is 2.93. The Bertz CT molecular complexity index is 721. The van der Waals surface area contributed by atoms with Crippen molar-refractivity contribution in [3.05, 3.63) is 35.2 Å². The van der Waals surface area contributed by atoms with Crippen molar-refractivity contribution in [2.75, 3.05) is 12.4 Å². The topological polar surface area (TPSA) is 69.0 Å². The third-order valence-corrected chi connectivity index (χ3v) is 4.10. The van der Waals surface area contributed by atoms with Gasteiger partial charge in [0.15, 0.2) is 0 Å². The van der Waals surface area contributed by atoms with E-state index >= 15 is 0 Å². The van der Waals surface area contributed by atoms with E-state index in [1.807, 2.05) is 13.0 Å². The number of aryl methyl sites for hydroxylation is 1. The van der Waals surface area contributed by atoms with E-state index in [-0.39, 0.29) is 11.9 Å². The Hall–Kier alpha value is -2.37. The SMILES string of the molecule is COc1cc(C)c([C@H]2CC(=O)Nc3ncnn32)cc1C(C)C. The summed E-state index contributed by atoms with van der Waals surface area (Å²) in [6, 6.07) is 4.04. The molecule has 0 unspecified atom stereocenters. The molecule has 22 heavy (non-hydrogen) atoms. The molecule has 6 heteroatoms. The van der Waals surface area contributed by atoms with Crippen molar-refractivity contribution in [2.45, 2.75) is 39.2 Å². The van der Waals surface area contributed by atoms with Crippen molar-refractivity contribution >= 4 is 11.9 Å². The predicted molar refractivity (Wildman–Crippen MR) is 83.2 cm³/mol. The number of hydrogen-bond acceptors (Lipinski definition) is 4. The smallest absolute Gasteiger partial charge is 0.229 e. The number of rotatable bonds is 3. The van der Waals surface area contributed by atoms with Gasteiger partial charge in [-0.15, -0.1) is 0 Å². The van der Waals surface area contributed by atoms with E-state index in [0.717, 1.165) is 22.4 Å². The molecule has 0 spiro atoms. The Kier molecular flexibility index (Phi) is 3.60. The molecular formula is C16H20N4O2. The van der Waals surface area contributed by atoms with Crippen molar-refractivity contribution in [1.82, 2.24) is 14.8 Å². The fourth-order valence-electron chi connectivity index (χ4n) is 2.95. The molecule has 1 atom stereocenters. The van der Waals surface area contributed by atoms with Crippen molar-refractivity contribution in [3.63, 3.8) is 0 Å². The Morgan fingerprint density at radius 1 is 1.41 bits per heavy atom. The Morgan fingerprint density at radius 3 is 2.86 bits per heavy atom. The summed E-state index contributed by atoms with van der Waals surface area (Å²) in [6.07, 6.45) is 1.83. The largest absolute Gasteiger partial charge is 0.496 e. The van der Waals surface area contributed by atoms with Crippen LogP contribution in [-0.4, -0.2) is 27.8 Å². The van der Waals surface area contributed by atoms with E-state index in [9.17, 15) is 4.79 Å². The number of anilines is 1. The molecule has 2 heterocycles. The van der Waals surface area contributed by atoms with Crippen LogP contribution in [0.4, 0.5) is 5.95 Å². The molecule has 0 saturated heterocycles. The van der Waals surface area contributed by atoms with Crippen LogP contribution in [0.2, 0.25) is 0 Å². The van der Waals surface area contributed by atoms with E-state index in [4.69, 9.17) is 4.74 Å². The lowest BCUT2D eigenvalue weighted by molar-refractivity contribution is -0.117. The summed E-state index contributed by atoms with van der Waals surface area (Å²) in [5.41, 5.74) is 3.31. The van der Waals surface area contributed by atoms with Gasteiger partial charge in [-0.2, -0.15) is 10.1 Å². The number of ether oxygens (including phenoxy) is 1. The van der Waals surface area contributed by atoms with Gasteiger partial charge in [0.25, 0.3) is 0 Å². The Labute approximate surface area is 129 Å². The number of carbonyl (C=O) groups excluding carboxylic acids is 1. The lowest BCUT2D eigenvalue weighted by Crippen LogP contribution is -2.29. The van der Waals surface area contributed by atoms with Gasteiger partial charge in [-0.25, -0.2) is 4.68 Å². The van der Waals surface area contributed by atoms with Crippen LogP contribution in [0.5, 0.6) is 5.75 Å². The van der Waals surface area contributed by atoms with Crippen LogP contribution in [0.1, 0.15) is 48.9 Å². The summed E-state index contributed by atoms with van der Waals surface area (Å²) in [5.74, 6) is 1.69. The number of nitrogens with zero attached hydrogens (tertiary/aromatic N) is 3. The summed E-state index contributed by atoms with van der Waals surface area (Å²) in [6.45, 7) is 6.29. The predicted octanol–water partition coefficient (Wildman–Crippen LogP) is 2.65. The lowest BCUT2D eigenvalue weighted by Gasteiger charge is -2.26. The molecule has 1 aromatic carbocycles. The minimum absolute atomic E-state index is 0.0354. The second-order valence-electron chi connectivity index (χ2n) is 5.90. The molecule has 3 rings (SSSR count). The monoisotopic (exact) mass is 300 g/mol. The van der Waals surface area contributed by atoms with Gasteiger partial charge in [-0.1, -0.05) is 13.8 Å². The fourth-order valence-corrected chi connectivity index (χ4v) is 2.95. The first-order valence-electron chi connectivity index (χ1n) is 7.39. The summed E-state index contributed by atoms with van der Waals surface area (Å²) in [7, 11) is 1.68. The average molecular weight is 300 g/mol. The molecule has 0 radical (unpaired) electrons. The Balaban J connectivity index is 2.13. The van der Waals surface area contributed by atoms with Crippen molar-refractivity contribution < 1.29 is 9.53 Å². The Morgan fingerprint density at radius 2 is 2.18 bits per heavy atom. The normalized spacial score (nSPS) is 17.3. The molecule has 0 saturated carbocycles. The van der Waals surface area contributed by atoms with E-state index in [1.54, 1.807) is 11.8 Å². The number of carbonyl (C=O) groups is 1. The molecule has 2 aromatic rings.